The summed E-state index contributed by atoms with van der Waals surface area (Å²) >= 11 is 0. The van der Waals surface area contributed by atoms with Crippen LogP contribution in [0.4, 0.5) is 0 Å². The van der Waals surface area contributed by atoms with E-state index < -0.39 is 0 Å². The first-order chi connectivity index (χ1) is 14.0. The fourth-order valence-corrected chi connectivity index (χ4v) is 3.85. The van der Waals surface area contributed by atoms with E-state index >= 15 is 0 Å². The van der Waals surface area contributed by atoms with E-state index in [4.69, 9.17) is 4.98 Å². The van der Waals surface area contributed by atoms with Crippen molar-refractivity contribution in [3.05, 3.63) is 101 Å². The summed E-state index contributed by atoms with van der Waals surface area (Å²) in [4.78, 5) is 17.8. The topological polar surface area (TPSA) is 46.9 Å². The molecule has 29 heavy (non-hydrogen) atoms. The number of hydrogen-bond donors (Lipinski definition) is 1. The quantitative estimate of drug-likeness (QED) is 0.533. The van der Waals surface area contributed by atoms with Crippen LogP contribution < -0.4 is 5.32 Å². The first-order valence-corrected chi connectivity index (χ1v) is 9.86. The second-order valence-corrected chi connectivity index (χ2v) is 7.59. The van der Waals surface area contributed by atoms with Gasteiger partial charge in [0.15, 0.2) is 0 Å². The lowest BCUT2D eigenvalue weighted by Crippen LogP contribution is -2.30. The van der Waals surface area contributed by atoms with Gasteiger partial charge in [0.2, 0.25) is 0 Å². The first-order valence-electron chi connectivity index (χ1n) is 9.86. The van der Waals surface area contributed by atoms with Crippen LogP contribution in [0.3, 0.4) is 0 Å². The smallest absolute Gasteiger partial charge is 0.251 e. The Labute approximate surface area is 171 Å². The minimum Gasteiger partial charge on any atom is -0.345 e. The number of para-hydroxylation sites is 2. The van der Waals surface area contributed by atoms with Gasteiger partial charge in [-0.25, -0.2) is 4.98 Å². The molecule has 3 aromatic carbocycles. The predicted molar refractivity (Wildman–Crippen MR) is 117 cm³/mol. The maximum absolute atomic E-state index is 13.0. The molecule has 0 aliphatic heterocycles. The van der Waals surface area contributed by atoms with E-state index in [0.29, 0.717) is 12.0 Å². The molecule has 146 valence electrons. The number of imidazole rings is 1. The summed E-state index contributed by atoms with van der Waals surface area (Å²) in [5.74, 6) is 0.880. The summed E-state index contributed by atoms with van der Waals surface area (Å²) in [5.41, 5.74) is 5.99. The van der Waals surface area contributed by atoms with Crippen LogP contribution in [0.15, 0.2) is 72.8 Å². The van der Waals surface area contributed by atoms with E-state index in [9.17, 15) is 4.79 Å². The van der Waals surface area contributed by atoms with Gasteiger partial charge in [0.05, 0.1) is 17.1 Å². The number of aromatic nitrogens is 2. The number of hydrogen-bond acceptors (Lipinski definition) is 2. The molecule has 1 aromatic heterocycles. The van der Waals surface area contributed by atoms with Crippen molar-refractivity contribution in [1.82, 2.24) is 14.9 Å². The molecule has 0 unspecified atom stereocenters. The van der Waals surface area contributed by atoms with Crippen LogP contribution in [0.2, 0.25) is 0 Å². The Hall–Kier alpha value is -3.40. The van der Waals surface area contributed by atoms with Crippen LogP contribution in [0.5, 0.6) is 0 Å². The Balaban J connectivity index is 1.66. The Kier molecular flexibility index (Phi) is 5.17. The molecule has 0 bridgehead atoms. The van der Waals surface area contributed by atoms with Crippen LogP contribution in [0.25, 0.3) is 11.0 Å². The zero-order valence-corrected chi connectivity index (χ0v) is 17.0. The van der Waals surface area contributed by atoms with Crippen molar-refractivity contribution in [2.24, 2.45) is 7.05 Å². The highest BCUT2D eigenvalue weighted by Gasteiger charge is 2.20. The third-order valence-corrected chi connectivity index (χ3v) is 5.26. The standard InChI is InChI=1S/C25H25N3O/c1-17-13-18(2)15-20(14-17)25(29)27-22(19-9-5-4-6-10-19)16-24-26-21-11-7-8-12-23(21)28(24)3/h4-15,22H,16H2,1-3H3,(H,27,29)/t22-/m1/s1. The van der Waals surface area contributed by atoms with E-state index in [0.717, 1.165) is 33.5 Å². The number of fused-ring (bicyclic) bond motifs is 1. The van der Waals surface area contributed by atoms with Crippen LogP contribution in [0, 0.1) is 13.8 Å². The largest absolute Gasteiger partial charge is 0.345 e. The summed E-state index contributed by atoms with van der Waals surface area (Å²) in [6.07, 6.45) is 0.617. The van der Waals surface area contributed by atoms with Gasteiger partial charge >= 0.3 is 0 Å². The fourth-order valence-electron chi connectivity index (χ4n) is 3.85. The lowest BCUT2D eigenvalue weighted by atomic mass is 10.0. The molecule has 0 saturated carbocycles. The van der Waals surface area contributed by atoms with Gasteiger partial charge in [0.25, 0.3) is 5.91 Å². The maximum atomic E-state index is 13.0. The maximum Gasteiger partial charge on any atom is 0.251 e. The second kappa shape index (κ2) is 7.92. The molecule has 0 saturated heterocycles. The zero-order valence-electron chi connectivity index (χ0n) is 17.0. The van der Waals surface area contributed by atoms with Gasteiger partial charge in [-0.3, -0.25) is 4.79 Å². The molecule has 4 heteroatoms. The number of aryl methyl sites for hydroxylation is 3. The number of carbonyl (C=O) groups excluding carboxylic acids is 1. The Bertz CT molecular complexity index is 1140. The highest BCUT2D eigenvalue weighted by atomic mass is 16.1. The van der Waals surface area contributed by atoms with E-state index in [2.05, 4.69) is 34.1 Å². The number of nitrogens with zero attached hydrogens (tertiary/aromatic N) is 2. The average Bonchev–Trinajstić information content (AvgIpc) is 3.03. The van der Waals surface area contributed by atoms with E-state index in [1.165, 1.54) is 0 Å². The van der Waals surface area contributed by atoms with Crippen molar-refractivity contribution >= 4 is 16.9 Å². The van der Waals surface area contributed by atoms with Gasteiger partial charge < -0.3 is 9.88 Å². The molecule has 4 rings (SSSR count). The van der Waals surface area contributed by atoms with Crippen molar-refractivity contribution in [2.75, 3.05) is 0 Å². The minimum atomic E-state index is -0.167. The van der Waals surface area contributed by atoms with E-state index in [1.54, 1.807) is 0 Å². The van der Waals surface area contributed by atoms with Crippen molar-refractivity contribution in [1.29, 1.82) is 0 Å². The molecule has 1 amide bonds. The number of rotatable bonds is 5. The molecule has 1 heterocycles. The van der Waals surface area contributed by atoms with Gasteiger partial charge in [-0.1, -0.05) is 59.7 Å². The lowest BCUT2D eigenvalue weighted by molar-refractivity contribution is 0.0936. The zero-order chi connectivity index (χ0) is 20.4. The molecular formula is C25H25N3O. The van der Waals surface area contributed by atoms with E-state index in [1.807, 2.05) is 69.4 Å². The summed E-state index contributed by atoms with van der Waals surface area (Å²) in [7, 11) is 2.03. The molecule has 0 fully saturated rings. The van der Waals surface area contributed by atoms with Crippen molar-refractivity contribution in [3.8, 4) is 0 Å². The monoisotopic (exact) mass is 383 g/mol. The molecule has 1 atom stereocenters. The first kappa shape index (κ1) is 18.9. The van der Waals surface area contributed by atoms with Gasteiger partial charge in [0.1, 0.15) is 5.82 Å². The molecule has 0 radical (unpaired) electrons. The highest BCUT2D eigenvalue weighted by Crippen LogP contribution is 2.22. The Morgan fingerprint density at radius 2 is 1.62 bits per heavy atom. The van der Waals surface area contributed by atoms with Crippen LogP contribution in [-0.2, 0) is 13.5 Å². The van der Waals surface area contributed by atoms with Gasteiger partial charge in [-0.05, 0) is 43.7 Å². The molecular weight excluding hydrogens is 358 g/mol. The lowest BCUT2D eigenvalue weighted by Gasteiger charge is -2.20. The molecule has 0 aliphatic rings. The van der Waals surface area contributed by atoms with Gasteiger partial charge in [-0.15, -0.1) is 0 Å². The van der Waals surface area contributed by atoms with Crippen LogP contribution >= 0.6 is 0 Å². The summed E-state index contributed by atoms with van der Waals surface area (Å²) in [6, 6.07) is 24.0. The molecule has 4 nitrogen and oxygen atoms in total. The number of carbonyl (C=O) groups is 1. The third-order valence-electron chi connectivity index (χ3n) is 5.26. The summed E-state index contributed by atoms with van der Waals surface area (Å²) in [5, 5.41) is 3.23. The molecule has 0 aliphatic carbocycles. The highest BCUT2D eigenvalue weighted by molar-refractivity contribution is 5.94. The normalized spacial score (nSPS) is 12.1. The van der Waals surface area contributed by atoms with Gasteiger partial charge in [0, 0.05) is 19.0 Å². The third kappa shape index (κ3) is 4.06. The van der Waals surface area contributed by atoms with E-state index in [-0.39, 0.29) is 11.9 Å². The average molecular weight is 383 g/mol. The Morgan fingerprint density at radius 1 is 0.966 bits per heavy atom. The van der Waals surface area contributed by atoms with Crippen LogP contribution in [0.1, 0.15) is 38.9 Å². The van der Waals surface area contributed by atoms with Gasteiger partial charge in [-0.2, -0.15) is 0 Å². The molecule has 4 aromatic rings. The SMILES string of the molecule is Cc1cc(C)cc(C(=O)N[C@H](Cc2nc3ccccc3n2C)c2ccccc2)c1. The predicted octanol–water partition coefficient (Wildman–Crippen LogP) is 4.90. The summed E-state index contributed by atoms with van der Waals surface area (Å²) in [6.45, 7) is 4.02. The second-order valence-electron chi connectivity index (χ2n) is 7.59. The van der Waals surface area contributed by atoms with Crippen LogP contribution in [-0.4, -0.2) is 15.5 Å². The number of benzene rings is 3. The van der Waals surface area contributed by atoms with Crippen molar-refractivity contribution in [3.63, 3.8) is 0 Å². The Morgan fingerprint density at radius 3 is 2.31 bits per heavy atom. The van der Waals surface area contributed by atoms with Crippen molar-refractivity contribution in [2.45, 2.75) is 26.3 Å². The molecule has 0 spiro atoms. The number of amides is 1. The molecule has 1 N–H and O–H groups in total. The van der Waals surface area contributed by atoms with Crippen molar-refractivity contribution < 1.29 is 4.79 Å². The number of nitrogens with one attached hydrogen (secondary N) is 1. The summed E-state index contributed by atoms with van der Waals surface area (Å²) < 4.78 is 2.11. The minimum absolute atomic E-state index is 0.0654. The fraction of sp³-hybridized carbons (Fsp3) is 0.200.